The van der Waals surface area contributed by atoms with E-state index in [0.29, 0.717) is 0 Å². The Kier molecular flexibility index (Phi) is 4.99. The lowest BCUT2D eigenvalue weighted by Crippen LogP contribution is -2.70. The van der Waals surface area contributed by atoms with Crippen LogP contribution in [0.1, 0.15) is 11.1 Å². The zero-order chi connectivity index (χ0) is 24.7. The van der Waals surface area contributed by atoms with Crippen molar-refractivity contribution in [3.63, 3.8) is 0 Å². The number of rotatable bonds is 2. The number of carbonyl (C=O) groups is 3. The highest BCUT2D eigenvalue weighted by atomic mass is 35.5. The van der Waals surface area contributed by atoms with Gasteiger partial charge in [0.25, 0.3) is 5.91 Å². The first-order valence-corrected chi connectivity index (χ1v) is 10.2. The molecule has 1 fully saturated rings. The summed E-state index contributed by atoms with van der Waals surface area (Å²) in [5.74, 6) is -9.18. The minimum absolute atomic E-state index is 0.0516. The van der Waals surface area contributed by atoms with Gasteiger partial charge in [0.05, 0.1) is 29.2 Å². The van der Waals surface area contributed by atoms with Gasteiger partial charge in [-0.3, -0.25) is 19.3 Å². The van der Waals surface area contributed by atoms with Gasteiger partial charge in [0.1, 0.15) is 22.8 Å². The van der Waals surface area contributed by atoms with Crippen LogP contribution in [0, 0.1) is 11.8 Å². The second-order valence-electron chi connectivity index (χ2n) is 8.55. The molecule has 5 atom stereocenters. The van der Waals surface area contributed by atoms with E-state index < -0.39 is 75.5 Å². The smallest absolute Gasteiger partial charge is 0.255 e. The average Bonchev–Trinajstić information content (AvgIpc) is 2.72. The summed E-state index contributed by atoms with van der Waals surface area (Å²) >= 11 is 6.25. The van der Waals surface area contributed by atoms with Crippen LogP contribution in [0.25, 0.3) is 11.3 Å². The molecule has 0 aromatic heterocycles. The van der Waals surface area contributed by atoms with E-state index in [2.05, 4.69) is 6.58 Å². The molecule has 0 aliphatic heterocycles. The van der Waals surface area contributed by atoms with Crippen LogP contribution in [0.15, 0.2) is 35.6 Å². The van der Waals surface area contributed by atoms with Gasteiger partial charge in [-0.15, -0.1) is 0 Å². The summed E-state index contributed by atoms with van der Waals surface area (Å²) in [6.45, 7) is 3.89. The summed E-state index contributed by atoms with van der Waals surface area (Å²) in [5, 5.41) is 55.0. The van der Waals surface area contributed by atoms with Crippen molar-refractivity contribution in [1.29, 1.82) is 0 Å². The van der Waals surface area contributed by atoms with Gasteiger partial charge in [-0.25, -0.2) is 0 Å². The third kappa shape index (κ3) is 2.69. The molecule has 11 heteroatoms. The second kappa shape index (κ2) is 7.16. The fourth-order valence-corrected chi connectivity index (χ4v) is 5.54. The molecule has 174 valence electrons. The number of aliphatic hydroxyl groups is 4. The van der Waals surface area contributed by atoms with Gasteiger partial charge in [-0.1, -0.05) is 18.2 Å². The van der Waals surface area contributed by atoms with Gasteiger partial charge in [0, 0.05) is 16.5 Å². The van der Waals surface area contributed by atoms with Gasteiger partial charge in [-0.2, -0.15) is 0 Å². The number of hydrogen-bond acceptors (Lipinski definition) is 9. The molecule has 1 aromatic carbocycles. The Bertz CT molecular complexity index is 1230. The number of nitrogens with zero attached hydrogens (tertiary/aromatic N) is 1. The second-order valence-corrected chi connectivity index (χ2v) is 8.96. The number of hydrogen-bond donors (Lipinski definition) is 6. The number of amides is 1. The molecule has 1 amide bonds. The molecule has 0 radical (unpaired) electrons. The lowest BCUT2D eigenvalue weighted by molar-refractivity contribution is -0.166. The van der Waals surface area contributed by atoms with Crippen LogP contribution in [0.3, 0.4) is 0 Å². The first-order chi connectivity index (χ1) is 15.3. The molecule has 33 heavy (non-hydrogen) atoms. The quantitative estimate of drug-likeness (QED) is 0.321. The highest BCUT2D eigenvalue weighted by Gasteiger charge is 2.68. The predicted octanol–water partition coefficient (Wildman–Crippen LogP) is 0.0589. The van der Waals surface area contributed by atoms with Crippen molar-refractivity contribution in [2.45, 2.75) is 17.7 Å². The molecule has 7 N–H and O–H groups in total. The number of halogens is 1. The highest BCUT2D eigenvalue weighted by molar-refractivity contribution is 6.33. The molecular formula is C22H21ClN2O8. The van der Waals surface area contributed by atoms with E-state index in [1.165, 1.54) is 31.1 Å². The van der Waals surface area contributed by atoms with Crippen LogP contribution >= 0.6 is 11.6 Å². The molecule has 3 aliphatic rings. The molecule has 4 rings (SSSR count). The fraction of sp³-hybridized carbons (Fsp3) is 0.318. The Balaban J connectivity index is 2.10. The Morgan fingerprint density at radius 1 is 1.18 bits per heavy atom. The summed E-state index contributed by atoms with van der Waals surface area (Å²) in [6, 6.07) is 1.08. The number of aromatic hydroxyl groups is 1. The van der Waals surface area contributed by atoms with Crippen LogP contribution in [0.4, 0.5) is 0 Å². The number of primary amides is 1. The van der Waals surface area contributed by atoms with Gasteiger partial charge in [0.15, 0.2) is 11.4 Å². The Morgan fingerprint density at radius 2 is 1.79 bits per heavy atom. The molecule has 3 aliphatic carbocycles. The lowest BCUT2D eigenvalue weighted by atomic mass is 9.55. The Hall–Kier alpha value is -3.18. The van der Waals surface area contributed by atoms with E-state index >= 15 is 0 Å². The molecule has 0 heterocycles. The predicted molar refractivity (Wildman–Crippen MR) is 116 cm³/mol. The van der Waals surface area contributed by atoms with E-state index in [1.54, 1.807) is 0 Å². The van der Waals surface area contributed by atoms with Crippen LogP contribution in [-0.2, 0) is 14.4 Å². The number of likely N-dealkylation sites (N-methyl/N-ethyl adjacent to an activating group) is 1. The SMILES string of the molecule is C=C1c2c(Cl)ccc(O)c2C(O)=C2C(=O)[C@]3(O)C(O)=C(C(N)=O)C(=O)[C@@H](N(C)C)[C@@H]3C(O)[C@H]12. The normalized spacial score (nSPS) is 31.5. The van der Waals surface area contributed by atoms with E-state index in [-0.39, 0.29) is 21.7 Å². The van der Waals surface area contributed by atoms with Crippen molar-refractivity contribution in [2.75, 3.05) is 14.1 Å². The first kappa shape index (κ1) is 23.0. The number of fused-ring (bicyclic) bond motifs is 3. The number of carbonyl (C=O) groups excluding carboxylic acids is 3. The largest absolute Gasteiger partial charge is 0.508 e. The molecule has 0 bridgehead atoms. The molecular weight excluding hydrogens is 456 g/mol. The number of Topliss-reactive ketones (excluding diaryl/α,β-unsaturated/α-hetero) is 2. The van der Waals surface area contributed by atoms with Gasteiger partial charge in [0.2, 0.25) is 5.78 Å². The molecule has 10 nitrogen and oxygen atoms in total. The van der Waals surface area contributed by atoms with E-state index in [0.717, 1.165) is 0 Å². The minimum atomic E-state index is -2.97. The zero-order valence-corrected chi connectivity index (χ0v) is 18.3. The van der Waals surface area contributed by atoms with Crippen LogP contribution in [0.5, 0.6) is 5.75 Å². The number of benzene rings is 1. The maximum Gasteiger partial charge on any atom is 0.255 e. The molecule has 1 aromatic rings. The van der Waals surface area contributed by atoms with Crippen molar-refractivity contribution < 1.29 is 39.9 Å². The molecule has 1 saturated carbocycles. The van der Waals surface area contributed by atoms with Gasteiger partial charge >= 0.3 is 0 Å². The number of phenolic OH excluding ortho intramolecular Hbond substituents is 1. The van der Waals surface area contributed by atoms with E-state index in [4.69, 9.17) is 17.3 Å². The van der Waals surface area contributed by atoms with Crippen molar-refractivity contribution in [2.24, 2.45) is 17.6 Å². The number of phenols is 1. The van der Waals surface area contributed by atoms with Gasteiger partial charge in [-0.05, 0) is 31.8 Å². The summed E-state index contributed by atoms with van der Waals surface area (Å²) in [4.78, 5) is 39.9. The van der Waals surface area contributed by atoms with Crippen molar-refractivity contribution in [3.8, 4) is 5.75 Å². The Morgan fingerprint density at radius 3 is 2.33 bits per heavy atom. The third-order valence-electron chi connectivity index (χ3n) is 6.67. The Labute approximate surface area is 192 Å². The first-order valence-electron chi connectivity index (χ1n) is 9.81. The van der Waals surface area contributed by atoms with Crippen LogP contribution < -0.4 is 5.73 Å². The molecule has 1 unspecified atom stereocenters. The monoisotopic (exact) mass is 476 g/mol. The van der Waals surface area contributed by atoms with Crippen LogP contribution in [-0.4, -0.2) is 79.7 Å². The maximum absolute atomic E-state index is 13.7. The summed E-state index contributed by atoms with van der Waals surface area (Å²) in [6.07, 6.45) is -1.75. The third-order valence-corrected chi connectivity index (χ3v) is 6.99. The number of nitrogens with two attached hydrogens (primary N) is 1. The summed E-state index contributed by atoms with van der Waals surface area (Å²) < 4.78 is 0. The minimum Gasteiger partial charge on any atom is -0.508 e. The fourth-order valence-electron chi connectivity index (χ4n) is 5.26. The summed E-state index contributed by atoms with van der Waals surface area (Å²) in [5.41, 5.74) is 0.634. The summed E-state index contributed by atoms with van der Waals surface area (Å²) in [7, 11) is 2.84. The van der Waals surface area contributed by atoms with Crippen molar-refractivity contribution in [1.82, 2.24) is 4.90 Å². The number of aliphatic hydroxyl groups excluding tert-OH is 3. The van der Waals surface area contributed by atoms with Crippen molar-refractivity contribution >= 4 is 40.4 Å². The van der Waals surface area contributed by atoms with Crippen LogP contribution in [0.2, 0.25) is 5.02 Å². The standard InChI is InChI=1S/C22H21ClN2O8/c1-6-9-7(23)4-5-8(26)11(9)16(27)12-10(6)17(28)14-15(25(2)3)18(29)13(21(24)32)20(31)22(14,33)19(12)30/h4-5,10,14-15,17,26-28,31,33H,1H2,2-3H3,(H2,24,32)/t10-,14-,15+,17?,22+/m1/s1. The average molecular weight is 477 g/mol. The maximum atomic E-state index is 13.7. The highest BCUT2D eigenvalue weighted by Crippen LogP contribution is 2.56. The topological polar surface area (TPSA) is 182 Å². The lowest BCUT2D eigenvalue weighted by Gasteiger charge is -2.52. The van der Waals surface area contributed by atoms with E-state index in [9.17, 15) is 39.9 Å². The van der Waals surface area contributed by atoms with E-state index in [1.807, 2.05) is 0 Å². The molecule has 0 spiro atoms. The molecule has 0 saturated heterocycles. The van der Waals surface area contributed by atoms with Crippen molar-refractivity contribution in [3.05, 3.63) is 51.8 Å². The zero-order valence-electron chi connectivity index (χ0n) is 17.5. The van der Waals surface area contributed by atoms with Gasteiger partial charge < -0.3 is 31.3 Å². The number of ketones is 2.